The van der Waals surface area contributed by atoms with Crippen LogP contribution in [0.2, 0.25) is 0 Å². The Labute approximate surface area is 197 Å². The average molecular weight is 464 g/mol. The lowest BCUT2D eigenvalue weighted by molar-refractivity contribution is -0.135. The normalized spacial score (nSPS) is 13.5. The highest BCUT2D eigenvalue weighted by molar-refractivity contribution is 5.77. The SMILES string of the molecule is CC#CCn1c(N2CCNCC2)nc2nc(N(C)CC(=O)O)n(CCc3ccccc3)c(=O)c21. The van der Waals surface area contributed by atoms with Gasteiger partial charge in [-0.1, -0.05) is 36.3 Å². The highest BCUT2D eigenvalue weighted by atomic mass is 16.4. The summed E-state index contributed by atoms with van der Waals surface area (Å²) in [5.41, 5.74) is 1.52. The van der Waals surface area contributed by atoms with Crippen LogP contribution in [0.25, 0.3) is 11.2 Å². The third-order valence-electron chi connectivity index (χ3n) is 5.82. The number of aryl methyl sites for hydroxylation is 1. The topological polar surface area (TPSA) is 109 Å². The molecule has 0 spiro atoms. The lowest BCUT2D eigenvalue weighted by atomic mass is 10.1. The van der Waals surface area contributed by atoms with Crippen LogP contribution in [0.4, 0.5) is 11.9 Å². The first kappa shape index (κ1) is 23.3. The molecule has 1 fully saturated rings. The smallest absolute Gasteiger partial charge is 0.323 e. The lowest BCUT2D eigenvalue weighted by Gasteiger charge is -2.28. The van der Waals surface area contributed by atoms with Gasteiger partial charge in [-0.25, -0.2) is 0 Å². The fraction of sp³-hybridized carbons (Fsp3) is 0.417. The van der Waals surface area contributed by atoms with Gasteiger partial charge in [0.15, 0.2) is 11.2 Å². The summed E-state index contributed by atoms with van der Waals surface area (Å²) in [5.74, 6) is 5.90. The first-order valence-electron chi connectivity index (χ1n) is 11.3. The number of imidazole rings is 1. The van der Waals surface area contributed by atoms with E-state index in [1.165, 1.54) is 4.90 Å². The number of aromatic nitrogens is 4. The van der Waals surface area contributed by atoms with E-state index < -0.39 is 5.97 Å². The molecule has 4 rings (SSSR count). The van der Waals surface area contributed by atoms with Crippen LogP contribution in [-0.2, 0) is 24.3 Å². The number of hydrogen-bond acceptors (Lipinski definition) is 7. The molecular weight excluding hydrogens is 434 g/mol. The second kappa shape index (κ2) is 10.4. The van der Waals surface area contributed by atoms with Crippen molar-refractivity contribution >= 4 is 29.0 Å². The number of anilines is 2. The summed E-state index contributed by atoms with van der Waals surface area (Å²) in [6.07, 6.45) is 0.607. The zero-order valence-electron chi connectivity index (χ0n) is 19.5. The molecule has 0 aliphatic carbocycles. The van der Waals surface area contributed by atoms with Gasteiger partial charge in [0.2, 0.25) is 11.9 Å². The Morgan fingerprint density at radius 1 is 1.18 bits per heavy atom. The fourth-order valence-corrected chi connectivity index (χ4v) is 4.16. The van der Waals surface area contributed by atoms with E-state index in [9.17, 15) is 14.7 Å². The number of nitrogens with one attached hydrogen (secondary N) is 1. The molecule has 0 saturated carbocycles. The van der Waals surface area contributed by atoms with Crippen molar-refractivity contribution in [3.63, 3.8) is 0 Å². The predicted octanol–water partition coefficient (Wildman–Crippen LogP) is 0.789. The number of fused-ring (bicyclic) bond motifs is 1. The van der Waals surface area contributed by atoms with Crippen LogP contribution in [0.1, 0.15) is 12.5 Å². The van der Waals surface area contributed by atoms with Crippen LogP contribution in [-0.4, -0.2) is 69.9 Å². The number of likely N-dealkylation sites (N-methyl/N-ethyl adjacent to an activating group) is 1. The summed E-state index contributed by atoms with van der Waals surface area (Å²) in [7, 11) is 1.62. The van der Waals surface area contributed by atoms with Gasteiger partial charge in [-0.3, -0.25) is 18.7 Å². The molecule has 0 bridgehead atoms. The molecule has 0 amide bonds. The Hall–Kier alpha value is -3.84. The minimum Gasteiger partial charge on any atom is -0.480 e. The summed E-state index contributed by atoms with van der Waals surface area (Å²) < 4.78 is 3.39. The van der Waals surface area contributed by atoms with Gasteiger partial charge >= 0.3 is 5.97 Å². The maximum absolute atomic E-state index is 13.8. The van der Waals surface area contributed by atoms with Crippen LogP contribution in [0.5, 0.6) is 0 Å². The molecular formula is C24H29N7O3. The number of aliphatic carboxylic acids is 1. The minimum absolute atomic E-state index is 0.250. The number of rotatable bonds is 8. The molecule has 1 aliphatic heterocycles. The minimum atomic E-state index is -1.00. The van der Waals surface area contributed by atoms with E-state index in [1.807, 2.05) is 34.9 Å². The first-order chi connectivity index (χ1) is 16.5. The number of carbonyl (C=O) groups is 1. The first-order valence-corrected chi connectivity index (χ1v) is 11.3. The maximum atomic E-state index is 13.8. The molecule has 34 heavy (non-hydrogen) atoms. The Kier molecular flexibility index (Phi) is 7.13. The van der Waals surface area contributed by atoms with E-state index in [0.717, 1.165) is 31.7 Å². The van der Waals surface area contributed by atoms with Crippen molar-refractivity contribution in [1.29, 1.82) is 0 Å². The zero-order valence-corrected chi connectivity index (χ0v) is 19.5. The summed E-state index contributed by atoms with van der Waals surface area (Å²) in [5, 5.41) is 12.7. The number of hydrogen-bond donors (Lipinski definition) is 2. The van der Waals surface area contributed by atoms with Crippen molar-refractivity contribution in [2.24, 2.45) is 0 Å². The molecule has 10 heteroatoms. The largest absolute Gasteiger partial charge is 0.480 e. The van der Waals surface area contributed by atoms with E-state index in [-0.39, 0.29) is 18.1 Å². The summed E-state index contributed by atoms with van der Waals surface area (Å²) >= 11 is 0. The van der Waals surface area contributed by atoms with Gasteiger partial charge in [-0.15, -0.1) is 5.92 Å². The van der Waals surface area contributed by atoms with E-state index in [2.05, 4.69) is 27.0 Å². The van der Waals surface area contributed by atoms with Gasteiger partial charge in [0, 0.05) is 39.8 Å². The molecule has 1 aliphatic rings. The van der Waals surface area contributed by atoms with Crippen LogP contribution < -0.4 is 20.7 Å². The van der Waals surface area contributed by atoms with Crippen molar-refractivity contribution in [3.8, 4) is 11.8 Å². The van der Waals surface area contributed by atoms with Crippen LogP contribution in [0.15, 0.2) is 35.1 Å². The quantitative estimate of drug-likeness (QED) is 0.472. The molecule has 3 heterocycles. The van der Waals surface area contributed by atoms with Crippen LogP contribution in [0.3, 0.4) is 0 Å². The van der Waals surface area contributed by atoms with Crippen molar-refractivity contribution in [1.82, 2.24) is 24.4 Å². The Morgan fingerprint density at radius 2 is 1.91 bits per heavy atom. The standard InChI is InChI=1S/C24H29N7O3/c1-3-4-13-30-20-21(27-24(30)29-15-11-25-12-16-29)26-23(28(2)17-19(32)33)31(22(20)34)14-10-18-8-6-5-7-9-18/h5-9,25H,10-17H2,1-2H3,(H,32,33). The van der Waals surface area contributed by atoms with Gasteiger partial charge in [0.1, 0.15) is 6.54 Å². The second-order valence-electron chi connectivity index (χ2n) is 8.19. The van der Waals surface area contributed by atoms with Gasteiger partial charge in [0.05, 0.1) is 6.54 Å². The summed E-state index contributed by atoms with van der Waals surface area (Å²) in [4.78, 5) is 38.3. The lowest BCUT2D eigenvalue weighted by Crippen LogP contribution is -2.44. The number of benzene rings is 1. The average Bonchev–Trinajstić information content (AvgIpc) is 3.21. The molecule has 3 aromatic rings. The fourth-order valence-electron chi connectivity index (χ4n) is 4.16. The second-order valence-corrected chi connectivity index (χ2v) is 8.19. The summed E-state index contributed by atoms with van der Waals surface area (Å²) in [6.45, 7) is 5.33. The summed E-state index contributed by atoms with van der Waals surface area (Å²) in [6, 6.07) is 9.85. The van der Waals surface area contributed by atoms with Crippen molar-refractivity contribution in [2.45, 2.75) is 26.4 Å². The molecule has 1 saturated heterocycles. The molecule has 178 valence electrons. The molecule has 0 radical (unpaired) electrons. The van der Waals surface area contributed by atoms with E-state index >= 15 is 0 Å². The van der Waals surface area contributed by atoms with Gasteiger partial charge in [-0.05, 0) is 18.9 Å². The molecule has 2 N–H and O–H groups in total. The molecule has 2 aromatic heterocycles. The maximum Gasteiger partial charge on any atom is 0.323 e. The van der Waals surface area contributed by atoms with Crippen molar-refractivity contribution < 1.29 is 9.90 Å². The third-order valence-corrected chi connectivity index (χ3v) is 5.82. The van der Waals surface area contributed by atoms with Crippen molar-refractivity contribution in [2.75, 3.05) is 49.6 Å². The number of nitrogens with zero attached hydrogens (tertiary/aromatic N) is 6. The van der Waals surface area contributed by atoms with E-state index in [0.29, 0.717) is 36.6 Å². The Morgan fingerprint density at radius 3 is 2.59 bits per heavy atom. The predicted molar refractivity (Wildman–Crippen MR) is 131 cm³/mol. The van der Waals surface area contributed by atoms with Gasteiger partial charge in [0.25, 0.3) is 5.56 Å². The highest BCUT2D eigenvalue weighted by Crippen LogP contribution is 2.22. The van der Waals surface area contributed by atoms with E-state index in [4.69, 9.17) is 4.98 Å². The molecule has 0 unspecified atom stereocenters. The van der Waals surface area contributed by atoms with Crippen molar-refractivity contribution in [3.05, 3.63) is 46.2 Å². The monoisotopic (exact) mass is 463 g/mol. The van der Waals surface area contributed by atoms with Crippen LogP contribution in [0, 0.1) is 11.8 Å². The van der Waals surface area contributed by atoms with Gasteiger partial charge < -0.3 is 20.2 Å². The number of carboxylic acid groups (broad SMARTS) is 1. The third kappa shape index (κ3) is 4.89. The molecule has 10 nitrogen and oxygen atoms in total. The molecule has 0 atom stereocenters. The number of carboxylic acids is 1. The zero-order chi connectivity index (χ0) is 24.1. The Balaban J connectivity index is 1.86. The number of piperazine rings is 1. The Bertz CT molecular complexity index is 1280. The highest BCUT2D eigenvalue weighted by Gasteiger charge is 2.25. The van der Waals surface area contributed by atoms with Gasteiger partial charge in [-0.2, -0.15) is 9.97 Å². The van der Waals surface area contributed by atoms with Crippen LogP contribution >= 0.6 is 0 Å². The van der Waals surface area contributed by atoms with E-state index in [1.54, 1.807) is 18.5 Å². The molecule has 1 aromatic carbocycles.